The van der Waals surface area contributed by atoms with Gasteiger partial charge in [-0.25, -0.2) is 4.79 Å². The van der Waals surface area contributed by atoms with Gasteiger partial charge < -0.3 is 15.5 Å². The maximum atomic E-state index is 12.4. The number of hydrogen-bond acceptors (Lipinski definition) is 3. The van der Waals surface area contributed by atoms with Crippen molar-refractivity contribution in [1.29, 1.82) is 0 Å². The predicted octanol–water partition coefficient (Wildman–Crippen LogP) is 4.95. The second-order valence-electron chi connectivity index (χ2n) is 6.21. The monoisotopic (exact) mass is 379 g/mol. The molecular formula is C19H23F2N3OS. The van der Waals surface area contributed by atoms with Crippen LogP contribution in [0.3, 0.4) is 0 Å². The number of rotatable bonds is 7. The number of carbonyl (C=O) groups excluding carboxylic acids is 1. The molecule has 140 valence electrons. The van der Waals surface area contributed by atoms with Gasteiger partial charge in [-0.05, 0) is 56.4 Å². The maximum Gasteiger partial charge on any atom is 0.319 e. The smallest absolute Gasteiger partial charge is 0.319 e. The summed E-state index contributed by atoms with van der Waals surface area (Å²) in [5, 5.41) is 5.67. The van der Waals surface area contributed by atoms with E-state index in [0.29, 0.717) is 16.7 Å². The van der Waals surface area contributed by atoms with Crippen molar-refractivity contribution in [2.45, 2.75) is 30.2 Å². The van der Waals surface area contributed by atoms with Gasteiger partial charge in [-0.1, -0.05) is 36.0 Å². The van der Waals surface area contributed by atoms with Gasteiger partial charge in [0.1, 0.15) is 0 Å². The zero-order valence-corrected chi connectivity index (χ0v) is 15.8. The molecule has 0 saturated heterocycles. The highest BCUT2D eigenvalue weighted by Gasteiger charge is 2.11. The van der Waals surface area contributed by atoms with Crippen molar-refractivity contribution in [2.75, 3.05) is 19.4 Å². The van der Waals surface area contributed by atoms with Crippen LogP contribution in [0.1, 0.15) is 24.1 Å². The zero-order chi connectivity index (χ0) is 19.1. The number of thioether (sulfide) groups is 1. The average molecular weight is 379 g/mol. The molecule has 0 fully saturated rings. The molecule has 2 aromatic rings. The van der Waals surface area contributed by atoms with E-state index in [0.717, 1.165) is 23.4 Å². The molecular weight excluding hydrogens is 356 g/mol. The van der Waals surface area contributed by atoms with Gasteiger partial charge in [-0.3, -0.25) is 0 Å². The lowest BCUT2D eigenvalue weighted by Gasteiger charge is -2.16. The van der Waals surface area contributed by atoms with E-state index in [1.54, 1.807) is 24.3 Å². The number of halogens is 2. The Hall–Kier alpha value is -2.12. The van der Waals surface area contributed by atoms with Crippen LogP contribution < -0.4 is 10.6 Å². The van der Waals surface area contributed by atoms with Crippen LogP contribution in [0.2, 0.25) is 0 Å². The third-order valence-corrected chi connectivity index (χ3v) is 4.36. The van der Waals surface area contributed by atoms with Crippen LogP contribution in [0.25, 0.3) is 0 Å². The fourth-order valence-corrected chi connectivity index (χ4v) is 3.00. The minimum Gasteiger partial charge on any atom is -0.331 e. The largest absolute Gasteiger partial charge is 0.331 e. The summed E-state index contributed by atoms with van der Waals surface area (Å²) in [6, 6.07) is 13.9. The van der Waals surface area contributed by atoms with E-state index in [1.165, 1.54) is 0 Å². The highest BCUT2D eigenvalue weighted by atomic mass is 32.2. The van der Waals surface area contributed by atoms with Crippen LogP contribution in [0.15, 0.2) is 53.4 Å². The summed E-state index contributed by atoms with van der Waals surface area (Å²) in [4.78, 5) is 14.8. The number of nitrogens with one attached hydrogen (secondary N) is 2. The quantitative estimate of drug-likeness (QED) is 0.670. The van der Waals surface area contributed by atoms with Crippen molar-refractivity contribution in [3.05, 3.63) is 59.7 Å². The van der Waals surface area contributed by atoms with Crippen molar-refractivity contribution < 1.29 is 13.6 Å². The number of hydrogen-bond donors (Lipinski definition) is 2. The van der Waals surface area contributed by atoms with Crippen LogP contribution in [0.5, 0.6) is 0 Å². The SMILES string of the molecule is CC(NC(=O)Nc1cccc(CN(C)C)c1)c1ccc(SC(F)F)cc1. The summed E-state index contributed by atoms with van der Waals surface area (Å²) in [6.07, 6.45) is 0. The first-order valence-electron chi connectivity index (χ1n) is 8.19. The summed E-state index contributed by atoms with van der Waals surface area (Å²) in [6.45, 7) is 2.63. The van der Waals surface area contributed by atoms with Gasteiger partial charge in [-0.2, -0.15) is 8.78 Å². The molecule has 26 heavy (non-hydrogen) atoms. The van der Waals surface area contributed by atoms with E-state index in [-0.39, 0.29) is 12.1 Å². The summed E-state index contributed by atoms with van der Waals surface area (Å²) in [5.41, 5.74) is 2.67. The number of amides is 2. The second kappa shape index (κ2) is 9.54. The fourth-order valence-electron chi connectivity index (χ4n) is 2.50. The lowest BCUT2D eigenvalue weighted by molar-refractivity contribution is 0.249. The van der Waals surface area contributed by atoms with E-state index >= 15 is 0 Å². The normalized spacial score (nSPS) is 12.3. The lowest BCUT2D eigenvalue weighted by Crippen LogP contribution is -2.31. The summed E-state index contributed by atoms with van der Waals surface area (Å²) in [7, 11) is 3.97. The van der Waals surface area contributed by atoms with Crippen LogP contribution >= 0.6 is 11.8 Å². The molecule has 2 rings (SSSR count). The van der Waals surface area contributed by atoms with Crippen molar-refractivity contribution in [3.63, 3.8) is 0 Å². The number of anilines is 1. The van der Waals surface area contributed by atoms with Crippen molar-refractivity contribution in [2.24, 2.45) is 0 Å². The van der Waals surface area contributed by atoms with E-state index in [4.69, 9.17) is 0 Å². The third kappa shape index (κ3) is 6.65. The molecule has 0 heterocycles. The molecule has 0 bridgehead atoms. The van der Waals surface area contributed by atoms with Gasteiger partial charge in [0.2, 0.25) is 0 Å². The molecule has 0 saturated carbocycles. The van der Waals surface area contributed by atoms with Crippen LogP contribution in [-0.4, -0.2) is 30.8 Å². The van der Waals surface area contributed by atoms with Crippen LogP contribution in [-0.2, 0) is 6.54 Å². The predicted molar refractivity (Wildman–Crippen MR) is 103 cm³/mol. The third-order valence-electron chi connectivity index (χ3n) is 3.64. The standard InChI is InChI=1S/C19H23F2N3OS/c1-13(15-7-9-17(10-8-15)26-18(20)21)22-19(25)23-16-6-4-5-14(11-16)12-24(2)3/h4-11,13,18H,12H2,1-3H3,(H2,22,23,25). The molecule has 2 N–H and O–H groups in total. The Morgan fingerprint density at radius 3 is 2.46 bits per heavy atom. The molecule has 7 heteroatoms. The van der Waals surface area contributed by atoms with E-state index in [2.05, 4.69) is 15.5 Å². The number of benzene rings is 2. The van der Waals surface area contributed by atoms with Gasteiger partial charge >= 0.3 is 6.03 Å². The molecule has 4 nitrogen and oxygen atoms in total. The van der Waals surface area contributed by atoms with E-state index < -0.39 is 5.76 Å². The van der Waals surface area contributed by atoms with Crippen LogP contribution in [0.4, 0.5) is 19.3 Å². The van der Waals surface area contributed by atoms with Crippen molar-refractivity contribution in [1.82, 2.24) is 10.2 Å². The van der Waals surface area contributed by atoms with Crippen LogP contribution in [0, 0.1) is 0 Å². The van der Waals surface area contributed by atoms with E-state index in [9.17, 15) is 13.6 Å². The number of urea groups is 1. The first-order valence-corrected chi connectivity index (χ1v) is 9.07. The molecule has 0 spiro atoms. The Bertz CT molecular complexity index is 723. The molecule has 0 aliphatic rings. The molecule has 1 unspecified atom stereocenters. The minimum absolute atomic E-state index is 0.245. The van der Waals surface area contributed by atoms with Crippen molar-refractivity contribution >= 4 is 23.5 Å². The van der Waals surface area contributed by atoms with Gasteiger partial charge in [-0.15, -0.1) is 0 Å². The molecule has 0 radical (unpaired) electrons. The van der Waals surface area contributed by atoms with E-state index in [1.807, 2.05) is 45.3 Å². The minimum atomic E-state index is -2.44. The Kier molecular flexibility index (Phi) is 7.41. The summed E-state index contributed by atoms with van der Waals surface area (Å²) < 4.78 is 24.7. The first-order chi connectivity index (χ1) is 12.3. The molecule has 0 aliphatic heterocycles. The molecule has 0 aromatic heterocycles. The molecule has 2 amide bonds. The average Bonchev–Trinajstić information content (AvgIpc) is 2.54. The van der Waals surface area contributed by atoms with Gasteiger partial charge in [0.15, 0.2) is 0 Å². The molecule has 0 aliphatic carbocycles. The highest BCUT2D eigenvalue weighted by Crippen LogP contribution is 2.26. The van der Waals surface area contributed by atoms with Gasteiger partial charge in [0.05, 0.1) is 6.04 Å². The lowest BCUT2D eigenvalue weighted by atomic mass is 10.1. The van der Waals surface area contributed by atoms with Gasteiger partial charge in [0.25, 0.3) is 5.76 Å². The number of nitrogens with zero attached hydrogens (tertiary/aromatic N) is 1. The zero-order valence-electron chi connectivity index (χ0n) is 15.0. The Labute approximate surface area is 157 Å². The fraction of sp³-hybridized carbons (Fsp3) is 0.316. The first kappa shape index (κ1) is 20.2. The van der Waals surface area contributed by atoms with Crippen molar-refractivity contribution in [3.8, 4) is 0 Å². The Morgan fingerprint density at radius 1 is 1.15 bits per heavy atom. The maximum absolute atomic E-state index is 12.4. The summed E-state index contributed by atoms with van der Waals surface area (Å²) >= 11 is 0.503. The Morgan fingerprint density at radius 2 is 1.85 bits per heavy atom. The number of alkyl halides is 2. The highest BCUT2D eigenvalue weighted by molar-refractivity contribution is 7.99. The second-order valence-corrected chi connectivity index (χ2v) is 7.27. The molecule has 2 aromatic carbocycles. The summed E-state index contributed by atoms with van der Waals surface area (Å²) in [5.74, 6) is -2.44. The Balaban J connectivity index is 1.92. The number of carbonyl (C=O) groups is 1. The topological polar surface area (TPSA) is 44.4 Å². The van der Waals surface area contributed by atoms with Gasteiger partial charge in [0, 0.05) is 17.1 Å². The molecule has 1 atom stereocenters.